The van der Waals surface area contributed by atoms with Crippen molar-refractivity contribution in [2.75, 3.05) is 13.2 Å². The number of carbonyl (C=O) groups excluding carboxylic acids is 2. The standard InChI is InChI=1S/C26H28BrNO5S/c1-6-31-22-14(2)15(3)23-18(16(22)4)9-10-26(5,33-23)13-32-20-8-7-17(11-19(20)27)12-21-24(29)28-25(30)34-21/h7-8,11-12H,6,9-10,13H2,1-5H3,(H,28,29,30)/b21-12+/t26-/m0/s1. The van der Waals surface area contributed by atoms with E-state index in [-0.39, 0.29) is 11.1 Å². The van der Waals surface area contributed by atoms with Crippen LogP contribution < -0.4 is 19.5 Å². The molecule has 0 spiro atoms. The molecule has 0 bridgehead atoms. The number of amides is 2. The minimum absolute atomic E-state index is 0.354. The Kier molecular flexibility index (Phi) is 7.01. The zero-order valence-corrected chi connectivity index (χ0v) is 22.4. The number of benzene rings is 2. The molecule has 8 heteroatoms. The Balaban J connectivity index is 1.49. The lowest BCUT2D eigenvalue weighted by Crippen LogP contribution is -2.42. The topological polar surface area (TPSA) is 73.9 Å². The van der Waals surface area contributed by atoms with Gasteiger partial charge in [-0.1, -0.05) is 6.07 Å². The van der Waals surface area contributed by atoms with Crippen molar-refractivity contribution in [1.82, 2.24) is 5.32 Å². The van der Waals surface area contributed by atoms with Gasteiger partial charge in [0.25, 0.3) is 11.1 Å². The molecule has 4 rings (SSSR count). The second-order valence-corrected chi connectivity index (χ2v) is 10.7. The first-order valence-electron chi connectivity index (χ1n) is 11.2. The van der Waals surface area contributed by atoms with Crippen LogP contribution in [-0.4, -0.2) is 30.0 Å². The van der Waals surface area contributed by atoms with Crippen LogP contribution in [0.2, 0.25) is 0 Å². The van der Waals surface area contributed by atoms with Gasteiger partial charge in [0.2, 0.25) is 0 Å². The normalized spacial score (nSPS) is 20.7. The SMILES string of the molecule is CCOc1c(C)c(C)c2c(c1C)CC[C@@](C)(COc1ccc(/C=C3/SC(=O)NC3=O)cc1Br)O2. The lowest BCUT2D eigenvalue weighted by molar-refractivity contribution is -0.115. The average Bonchev–Trinajstić information content (AvgIpc) is 3.11. The van der Waals surface area contributed by atoms with Gasteiger partial charge in [0.15, 0.2) is 0 Å². The van der Waals surface area contributed by atoms with E-state index in [1.54, 1.807) is 6.08 Å². The monoisotopic (exact) mass is 545 g/mol. The van der Waals surface area contributed by atoms with E-state index in [1.807, 2.05) is 25.1 Å². The smallest absolute Gasteiger partial charge is 0.290 e. The maximum Gasteiger partial charge on any atom is 0.290 e. The molecule has 1 atom stereocenters. The minimum Gasteiger partial charge on any atom is -0.493 e. The summed E-state index contributed by atoms with van der Waals surface area (Å²) in [6.45, 7) is 11.4. The molecule has 0 saturated carbocycles. The molecule has 2 aromatic carbocycles. The predicted molar refractivity (Wildman–Crippen MR) is 138 cm³/mol. The number of hydrogen-bond acceptors (Lipinski definition) is 6. The van der Waals surface area contributed by atoms with Gasteiger partial charge in [0, 0.05) is 5.56 Å². The highest BCUT2D eigenvalue weighted by Crippen LogP contribution is 2.44. The van der Waals surface area contributed by atoms with Crippen molar-refractivity contribution in [2.24, 2.45) is 0 Å². The number of rotatable bonds is 6. The summed E-state index contributed by atoms with van der Waals surface area (Å²) < 4.78 is 19.4. The van der Waals surface area contributed by atoms with Crippen molar-refractivity contribution < 1.29 is 23.8 Å². The molecular formula is C26H28BrNO5S. The van der Waals surface area contributed by atoms with E-state index in [1.165, 1.54) is 5.56 Å². The summed E-state index contributed by atoms with van der Waals surface area (Å²) in [5.41, 5.74) is 4.93. The third-order valence-corrected chi connectivity index (χ3v) is 7.71. The Morgan fingerprint density at radius 2 is 1.94 bits per heavy atom. The largest absolute Gasteiger partial charge is 0.493 e. The molecule has 1 saturated heterocycles. The van der Waals surface area contributed by atoms with Crippen LogP contribution in [0.4, 0.5) is 4.79 Å². The summed E-state index contributed by atoms with van der Waals surface area (Å²) >= 11 is 4.46. The fraction of sp³-hybridized carbons (Fsp3) is 0.385. The second kappa shape index (κ2) is 9.66. The van der Waals surface area contributed by atoms with Gasteiger partial charge in [-0.15, -0.1) is 0 Å². The second-order valence-electron chi connectivity index (χ2n) is 8.83. The lowest BCUT2D eigenvalue weighted by Gasteiger charge is -2.38. The highest BCUT2D eigenvalue weighted by Gasteiger charge is 2.36. The number of fused-ring (bicyclic) bond motifs is 1. The van der Waals surface area contributed by atoms with Crippen LogP contribution in [0.25, 0.3) is 6.08 Å². The molecule has 2 heterocycles. The third-order valence-electron chi connectivity index (χ3n) is 6.28. The highest BCUT2D eigenvalue weighted by atomic mass is 79.9. The summed E-state index contributed by atoms with van der Waals surface area (Å²) in [6.07, 6.45) is 3.41. The lowest BCUT2D eigenvalue weighted by atomic mass is 9.87. The quantitative estimate of drug-likeness (QED) is 0.432. The Morgan fingerprint density at radius 1 is 1.18 bits per heavy atom. The molecule has 1 N–H and O–H groups in total. The van der Waals surface area contributed by atoms with Gasteiger partial charge >= 0.3 is 0 Å². The van der Waals surface area contributed by atoms with Gasteiger partial charge in [-0.25, -0.2) is 0 Å². The van der Waals surface area contributed by atoms with Crippen LogP contribution in [0.5, 0.6) is 17.2 Å². The average molecular weight is 546 g/mol. The van der Waals surface area contributed by atoms with E-state index in [2.05, 4.69) is 48.9 Å². The predicted octanol–water partition coefficient (Wildman–Crippen LogP) is 6.26. The molecule has 6 nitrogen and oxygen atoms in total. The molecule has 2 amide bonds. The first kappa shape index (κ1) is 24.7. The molecular weight excluding hydrogens is 518 g/mol. The van der Waals surface area contributed by atoms with Crippen molar-refractivity contribution in [3.63, 3.8) is 0 Å². The van der Waals surface area contributed by atoms with Gasteiger partial charge in [0.1, 0.15) is 29.5 Å². The molecule has 0 aliphatic carbocycles. The fourth-order valence-electron chi connectivity index (χ4n) is 4.27. The van der Waals surface area contributed by atoms with Crippen LogP contribution >= 0.6 is 27.7 Å². The van der Waals surface area contributed by atoms with Crippen LogP contribution in [0.3, 0.4) is 0 Å². The van der Waals surface area contributed by atoms with E-state index in [0.717, 1.165) is 62.8 Å². The summed E-state index contributed by atoms with van der Waals surface area (Å²) in [6, 6.07) is 5.57. The third kappa shape index (κ3) is 4.84. The van der Waals surface area contributed by atoms with Gasteiger partial charge in [0.05, 0.1) is 16.0 Å². The number of imide groups is 1. The Bertz CT molecular complexity index is 1210. The van der Waals surface area contributed by atoms with E-state index in [4.69, 9.17) is 14.2 Å². The summed E-state index contributed by atoms with van der Waals surface area (Å²) in [4.78, 5) is 23.5. The summed E-state index contributed by atoms with van der Waals surface area (Å²) in [5.74, 6) is 2.23. The minimum atomic E-state index is -0.469. The van der Waals surface area contributed by atoms with Gasteiger partial charge < -0.3 is 14.2 Å². The zero-order chi connectivity index (χ0) is 24.6. The number of ether oxygens (including phenoxy) is 3. The van der Waals surface area contributed by atoms with Crippen molar-refractivity contribution >= 4 is 44.9 Å². The Morgan fingerprint density at radius 3 is 2.59 bits per heavy atom. The molecule has 0 aromatic heterocycles. The number of hydrogen-bond donors (Lipinski definition) is 1. The molecule has 34 heavy (non-hydrogen) atoms. The fourth-order valence-corrected chi connectivity index (χ4v) is 5.46. The van der Waals surface area contributed by atoms with Gasteiger partial charge in [-0.2, -0.15) is 0 Å². The van der Waals surface area contributed by atoms with Gasteiger partial charge in [-0.3, -0.25) is 14.9 Å². The highest BCUT2D eigenvalue weighted by molar-refractivity contribution is 9.10. The molecule has 2 aliphatic rings. The van der Waals surface area contributed by atoms with Crippen molar-refractivity contribution in [1.29, 1.82) is 0 Å². The van der Waals surface area contributed by atoms with Crippen molar-refractivity contribution in [3.05, 3.63) is 55.4 Å². The first-order valence-corrected chi connectivity index (χ1v) is 12.8. The molecule has 1 fully saturated rings. The first-order chi connectivity index (χ1) is 16.1. The van der Waals surface area contributed by atoms with E-state index < -0.39 is 5.60 Å². The number of nitrogens with one attached hydrogen (secondary N) is 1. The molecule has 2 aliphatic heterocycles. The number of thioether (sulfide) groups is 1. The Labute approximate surface area is 212 Å². The van der Waals surface area contributed by atoms with Gasteiger partial charge in [-0.05, 0) is 116 Å². The van der Waals surface area contributed by atoms with E-state index >= 15 is 0 Å². The van der Waals surface area contributed by atoms with Crippen molar-refractivity contribution in [3.8, 4) is 17.2 Å². The maximum absolute atomic E-state index is 11.8. The summed E-state index contributed by atoms with van der Waals surface area (Å²) in [5, 5.41) is 1.91. The molecule has 180 valence electrons. The van der Waals surface area contributed by atoms with Crippen LogP contribution in [0.1, 0.15) is 48.1 Å². The van der Waals surface area contributed by atoms with Crippen molar-refractivity contribution in [2.45, 2.75) is 53.1 Å². The molecule has 0 radical (unpaired) electrons. The van der Waals surface area contributed by atoms with Crippen LogP contribution in [-0.2, 0) is 11.2 Å². The number of halogens is 1. The molecule has 2 aromatic rings. The summed E-state index contributed by atoms with van der Waals surface area (Å²) in [7, 11) is 0. The maximum atomic E-state index is 11.8. The Hall–Kier alpha value is -2.45. The van der Waals surface area contributed by atoms with Crippen LogP contribution in [0.15, 0.2) is 27.6 Å². The van der Waals surface area contributed by atoms with Crippen LogP contribution in [0, 0.1) is 20.8 Å². The van der Waals surface area contributed by atoms with E-state index in [0.29, 0.717) is 23.9 Å². The van der Waals surface area contributed by atoms with E-state index in [9.17, 15) is 9.59 Å². The number of carbonyl (C=O) groups is 2. The molecule has 0 unspecified atom stereocenters. The zero-order valence-electron chi connectivity index (χ0n) is 20.0.